The first-order valence-electron chi connectivity index (χ1n) is 6.75. The van der Waals surface area contributed by atoms with Crippen molar-refractivity contribution in [3.05, 3.63) is 64.7 Å². The monoisotopic (exact) mass is 353 g/mol. The SMILES string of the molecule is Cc1cccc2c(C(F)(F)F)cc(Sc3ccc(Cl)cc3)nc12. The molecule has 0 saturated heterocycles. The molecular weight excluding hydrogens is 343 g/mol. The smallest absolute Gasteiger partial charge is 0.241 e. The first-order valence-corrected chi connectivity index (χ1v) is 7.95. The molecule has 1 nitrogen and oxygen atoms in total. The minimum atomic E-state index is -4.43. The van der Waals surface area contributed by atoms with E-state index in [9.17, 15) is 13.2 Å². The number of alkyl halides is 3. The van der Waals surface area contributed by atoms with Gasteiger partial charge in [0.25, 0.3) is 0 Å². The lowest BCUT2D eigenvalue weighted by Crippen LogP contribution is -2.07. The van der Waals surface area contributed by atoms with E-state index < -0.39 is 11.7 Å². The van der Waals surface area contributed by atoms with Gasteiger partial charge in [-0.3, -0.25) is 0 Å². The molecule has 0 N–H and O–H groups in total. The Morgan fingerprint density at radius 2 is 1.74 bits per heavy atom. The van der Waals surface area contributed by atoms with Crippen molar-refractivity contribution in [1.29, 1.82) is 0 Å². The third-order valence-electron chi connectivity index (χ3n) is 3.36. The number of hydrogen-bond acceptors (Lipinski definition) is 2. The molecule has 0 aliphatic rings. The zero-order valence-corrected chi connectivity index (χ0v) is 13.6. The summed E-state index contributed by atoms with van der Waals surface area (Å²) in [5.41, 5.74) is 0.424. The van der Waals surface area contributed by atoms with Gasteiger partial charge in [-0.05, 0) is 42.8 Å². The molecule has 0 amide bonds. The Hall–Kier alpha value is -1.72. The van der Waals surface area contributed by atoms with E-state index >= 15 is 0 Å². The topological polar surface area (TPSA) is 12.9 Å². The van der Waals surface area contributed by atoms with Gasteiger partial charge in [-0.15, -0.1) is 0 Å². The number of aromatic nitrogens is 1. The summed E-state index contributed by atoms with van der Waals surface area (Å²) in [5, 5.41) is 1.01. The number of benzene rings is 2. The summed E-state index contributed by atoms with van der Waals surface area (Å²) in [5.74, 6) is 0. The second kappa shape index (κ2) is 6.06. The Morgan fingerprint density at radius 1 is 1.04 bits per heavy atom. The zero-order valence-electron chi connectivity index (χ0n) is 12.0. The van der Waals surface area contributed by atoms with Crippen LogP contribution in [0.15, 0.2) is 58.5 Å². The summed E-state index contributed by atoms with van der Waals surface area (Å²) in [4.78, 5) is 5.18. The molecular formula is C17H11ClF3NS. The lowest BCUT2D eigenvalue weighted by molar-refractivity contribution is -0.136. The first-order chi connectivity index (χ1) is 10.8. The minimum Gasteiger partial charge on any atom is -0.241 e. The maximum Gasteiger partial charge on any atom is 0.417 e. The number of nitrogens with zero attached hydrogens (tertiary/aromatic N) is 1. The van der Waals surface area contributed by atoms with Gasteiger partial charge in [0.1, 0.15) is 5.03 Å². The second-order valence-corrected chi connectivity index (χ2v) is 6.56. The van der Waals surface area contributed by atoms with Crippen LogP contribution in [0.1, 0.15) is 11.1 Å². The second-order valence-electron chi connectivity index (χ2n) is 5.03. The van der Waals surface area contributed by atoms with Gasteiger partial charge in [0.05, 0.1) is 11.1 Å². The van der Waals surface area contributed by atoms with Crippen LogP contribution in [0.2, 0.25) is 5.02 Å². The summed E-state index contributed by atoms with van der Waals surface area (Å²) >= 11 is 7.01. The Balaban J connectivity index is 2.14. The molecule has 0 atom stereocenters. The fraction of sp³-hybridized carbons (Fsp3) is 0.118. The lowest BCUT2D eigenvalue weighted by atomic mass is 10.1. The molecule has 2 aromatic carbocycles. The molecule has 6 heteroatoms. The van der Waals surface area contributed by atoms with Gasteiger partial charge in [0.15, 0.2) is 0 Å². The fourth-order valence-electron chi connectivity index (χ4n) is 2.28. The van der Waals surface area contributed by atoms with Crippen LogP contribution in [0.3, 0.4) is 0 Å². The van der Waals surface area contributed by atoms with E-state index in [1.807, 2.05) is 0 Å². The summed E-state index contributed by atoms with van der Waals surface area (Å²) < 4.78 is 40.1. The predicted octanol–water partition coefficient (Wildman–Crippen LogP) is 6.37. The molecule has 1 aromatic heterocycles. The van der Waals surface area contributed by atoms with Crippen LogP contribution in [-0.2, 0) is 6.18 Å². The molecule has 0 radical (unpaired) electrons. The number of rotatable bonds is 2. The van der Waals surface area contributed by atoms with E-state index in [0.717, 1.165) is 11.0 Å². The Kier molecular flexibility index (Phi) is 4.25. The number of fused-ring (bicyclic) bond motifs is 1. The molecule has 3 rings (SSSR count). The largest absolute Gasteiger partial charge is 0.417 e. The Morgan fingerprint density at radius 3 is 2.39 bits per heavy atom. The average molecular weight is 354 g/mol. The summed E-state index contributed by atoms with van der Waals surface area (Å²) in [6.45, 7) is 1.76. The quantitative estimate of drug-likeness (QED) is 0.531. The van der Waals surface area contributed by atoms with Crippen LogP contribution in [0.25, 0.3) is 10.9 Å². The summed E-state index contributed by atoms with van der Waals surface area (Å²) in [6.07, 6.45) is -4.43. The minimum absolute atomic E-state index is 0.123. The van der Waals surface area contributed by atoms with Crippen molar-refractivity contribution in [3.8, 4) is 0 Å². The Labute approximate surface area is 140 Å². The highest BCUT2D eigenvalue weighted by atomic mass is 35.5. The van der Waals surface area contributed by atoms with Gasteiger partial charge >= 0.3 is 6.18 Å². The molecule has 0 unspecified atom stereocenters. The lowest BCUT2D eigenvalue weighted by Gasteiger charge is -2.13. The van der Waals surface area contributed by atoms with Gasteiger partial charge in [-0.2, -0.15) is 13.2 Å². The van der Waals surface area contributed by atoms with Crippen molar-refractivity contribution in [2.75, 3.05) is 0 Å². The van der Waals surface area contributed by atoms with Crippen LogP contribution in [-0.4, -0.2) is 4.98 Å². The van der Waals surface area contributed by atoms with E-state index in [0.29, 0.717) is 21.1 Å². The average Bonchev–Trinajstić information content (AvgIpc) is 2.49. The fourth-order valence-corrected chi connectivity index (χ4v) is 3.23. The molecule has 0 spiro atoms. The van der Waals surface area contributed by atoms with Crippen molar-refractivity contribution in [1.82, 2.24) is 4.98 Å². The standard InChI is InChI=1S/C17H11ClF3NS/c1-10-3-2-4-13-14(17(19,20)21)9-15(22-16(10)13)23-12-7-5-11(18)6-8-12/h2-9H,1H3. The van der Waals surface area contributed by atoms with E-state index in [2.05, 4.69) is 4.98 Å². The van der Waals surface area contributed by atoms with Gasteiger partial charge in [-0.1, -0.05) is 41.6 Å². The molecule has 0 saturated carbocycles. The van der Waals surface area contributed by atoms with Crippen molar-refractivity contribution in [3.63, 3.8) is 0 Å². The third kappa shape index (κ3) is 3.46. The van der Waals surface area contributed by atoms with E-state index in [1.165, 1.54) is 17.8 Å². The van der Waals surface area contributed by atoms with Crippen molar-refractivity contribution in [2.24, 2.45) is 0 Å². The van der Waals surface area contributed by atoms with Crippen molar-refractivity contribution >= 4 is 34.3 Å². The highest BCUT2D eigenvalue weighted by Gasteiger charge is 2.33. The van der Waals surface area contributed by atoms with Crippen LogP contribution < -0.4 is 0 Å². The first kappa shape index (κ1) is 16.1. The summed E-state index contributed by atoms with van der Waals surface area (Å²) in [7, 11) is 0. The van der Waals surface area contributed by atoms with Crippen molar-refractivity contribution in [2.45, 2.75) is 23.0 Å². The highest BCUT2D eigenvalue weighted by molar-refractivity contribution is 7.99. The molecule has 118 valence electrons. The molecule has 0 aliphatic heterocycles. The predicted molar refractivity (Wildman–Crippen MR) is 87.1 cm³/mol. The van der Waals surface area contributed by atoms with E-state index in [1.54, 1.807) is 43.3 Å². The van der Waals surface area contributed by atoms with Crippen LogP contribution in [0, 0.1) is 6.92 Å². The van der Waals surface area contributed by atoms with E-state index in [-0.39, 0.29) is 5.39 Å². The maximum absolute atomic E-state index is 13.4. The number of aryl methyl sites for hydroxylation is 1. The number of pyridine rings is 1. The highest BCUT2D eigenvalue weighted by Crippen LogP contribution is 2.38. The van der Waals surface area contributed by atoms with Crippen LogP contribution in [0.5, 0.6) is 0 Å². The molecule has 23 heavy (non-hydrogen) atoms. The van der Waals surface area contributed by atoms with Crippen LogP contribution >= 0.6 is 23.4 Å². The zero-order chi connectivity index (χ0) is 16.6. The maximum atomic E-state index is 13.4. The third-order valence-corrected chi connectivity index (χ3v) is 4.54. The molecule has 0 aliphatic carbocycles. The summed E-state index contributed by atoms with van der Waals surface area (Å²) in [6, 6.07) is 12.8. The van der Waals surface area contributed by atoms with Gasteiger partial charge in [-0.25, -0.2) is 4.98 Å². The van der Waals surface area contributed by atoms with Gasteiger partial charge < -0.3 is 0 Å². The van der Waals surface area contributed by atoms with E-state index in [4.69, 9.17) is 11.6 Å². The molecule has 0 bridgehead atoms. The molecule has 0 fully saturated rings. The van der Waals surface area contributed by atoms with Gasteiger partial charge in [0, 0.05) is 15.3 Å². The number of para-hydroxylation sites is 1. The number of halogens is 4. The van der Waals surface area contributed by atoms with Crippen molar-refractivity contribution < 1.29 is 13.2 Å². The normalized spacial score (nSPS) is 11.9. The molecule has 3 aromatic rings. The Bertz CT molecular complexity index is 860. The number of hydrogen-bond donors (Lipinski definition) is 0. The van der Waals surface area contributed by atoms with Crippen LogP contribution in [0.4, 0.5) is 13.2 Å². The van der Waals surface area contributed by atoms with Gasteiger partial charge in [0.2, 0.25) is 0 Å². The molecule has 1 heterocycles.